The number of amides is 2. The average Bonchev–Trinajstić information content (AvgIpc) is 2.68. The normalized spacial score (nSPS) is 11.0. The zero-order valence-corrected chi connectivity index (χ0v) is 15.7. The van der Waals surface area contributed by atoms with Gasteiger partial charge in [0.2, 0.25) is 0 Å². The predicted molar refractivity (Wildman–Crippen MR) is 105 cm³/mol. The molecular formula is C21H16ClF3N2O2. The van der Waals surface area contributed by atoms with E-state index in [4.69, 9.17) is 16.3 Å². The summed E-state index contributed by atoms with van der Waals surface area (Å²) in [5.41, 5.74) is 0.0123. The van der Waals surface area contributed by atoms with Crippen molar-refractivity contribution in [2.45, 2.75) is 12.7 Å². The van der Waals surface area contributed by atoms with Crippen molar-refractivity contribution in [2.75, 3.05) is 5.32 Å². The molecule has 2 amide bonds. The fourth-order valence-corrected chi connectivity index (χ4v) is 2.74. The lowest BCUT2D eigenvalue weighted by molar-refractivity contribution is -0.137. The van der Waals surface area contributed by atoms with E-state index in [1.54, 1.807) is 30.3 Å². The number of alkyl halides is 3. The molecule has 0 saturated heterocycles. The number of halogens is 4. The highest BCUT2D eigenvalue weighted by molar-refractivity contribution is 6.31. The highest BCUT2D eigenvalue weighted by Crippen LogP contribution is 2.31. The lowest BCUT2D eigenvalue weighted by Crippen LogP contribution is -2.28. The molecule has 8 heteroatoms. The number of ether oxygens (including phenoxy) is 1. The first-order valence-electron chi connectivity index (χ1n) is 8.55. The molecule has 0 aliphatic rings. The third-order valence-corrected chi connectivity index (χ3v) is 4.30. The lowest BCUT2D eigenvalue weighted by Gasteiger charge is -2.14. The Kier molecular flexibility index (Phi) is 6.29. The van der Waals surface area contributed by atoms with Gasteiger partial charge >= 0.3 is 12.2 Å². The Morgan fingerprint density at radius 2 is 1.62 bits per heavy atom. The molecule has 0 heterocycles. The van der Waals surface area contributed by atoms with Gasteiger partial charge in [0.05, 0.1) is 5.56 Å². The highest BCUT2D eigenvalue weighted by Gasteiger charge is 2.30. The van der Waals surface area contributed by atoms with Gasteiger partial charge in [-0.1, -0.05) is 35.9 Å². The number of anilines is 1. The maximum Gasteiger partial charge on any atom is 0.416 e. The van der Waals surface area contributed by atoms with Crippen LogP contribution in [0.25, 0.3) is 0 Å². The number of rotatable bonds is 5. The molecule has 0 aliphatic carbocycles. The van der Waals surface area contributed by atoms with Gasteiger partial charge in [-0.05, 0) is 48.5 Å². The van der Waals surface area contributed by atoms with E-state index < -0.39 is 17.8 Å². The number of hydrogen-bond acceptors (Lipinski definition) is 2. The summed E-state index contributed by atoms with van der Waals surface area (Å²) in [6, 6.07) is 17.8. The van der Waals surface area contributed by atoms with Crippen LogP contribution in [0.2, 0.25) is 5.02 Å². The predicted octanol–water partition coefficient (Wildman–Crippen LogP) is 6.47. The van der Waals surface area contributed by atoms with Crippen LogP contribution in [0, 0.1) is 0 Å². The van der Waals surface area contributed by atoms with Crippen LogP contribution >= 0.6 is 11.6 Å². The molecule has 3 rings (SSSR count). The summed E-state index contributed by atoms with van der Waals surface area (Å²) < 4.78 is 43.6. The molecule has 0 spiro atoms. The number of urea groups is 1. The van der Waals surface area contributed by atoms with Crippen LogP contribution in [0.15, 0.2) is 72.8 Å². The number of hydrogen-bond donors (Lipinski definition) is 2. The first-order chi connectivity index (χ1) is 13.8. The van der Waals surface area contributed by atoms with Crippen molar-refractivity contribution < 1.29 is 22.7 Å². The fourth-order valence-electron chi connectivity index (χ4n) is 2.51. The molecule has 29 heavy (non-hydrogen) atoms. The second-order valence-electron chi connectivity index (χ2n) is 6.01. The van der Waals surface area contributed by atoms with E-state index >= 15 is 0 Å². The van der Waals surface area contributed by atoms with E-state index in [2.05, 4.69) is 10.6 Å². The highest BCUT2D eigenvalue weighted by atomic mass is 35.5. The average molecular weight is 421 g/mol. The van der Waals surface area contributed by atoms with Gasteiger partial charge in [-0.25, -0.2) is 4.79 Å². The van der Waals surface area contributed by atoms with E-state index in [9.17, 15) is 18.0 Å². The molecule has 0 bridgehead atoms. The van der Waals surface area contributed by atoms with Gasteiger partial charge < -0.3 is 15.4 Å². The number of nitrogens with one attached hydrogen (secondary N) is 2. The van der Waals surface area contributed by atoms with Crippen LogP contribution in [0.5, 0.6) is 11.5 Å². The van der Waals surface area contributed by atoms with Gasteiger partial charge in [0.1, 0.15) is 11.5 Å². The quantitative estimate of drug-likeness (QED) is 0.496. The van der Waals surface area contributed by atoms with Gasteiger partial charge in [-0.3, -0.25) is 0 Å². The van der Waals surface area contributed by atoms with E-state index in [1.807, 2.05) is 18.2 Å². The largest absolute Gasteiger partial charge is 0.457 e. The van der Waals surface area contributed by atoms with Crippen molar-refractivity contribution >= 4 is 23.3 Å². The zero-order valence-electron chi connectivity index (χ0n) is 15.0. The van der Waals surface area contributed by atoms with Crippen molar-refractivity contribution in [1.82, 2.24) is 5.32 Å². The molecule has 3 aromatic carbocycles. The number of carbonyl (C=O) groups is 1. The molecule has 150 valence electrons. The van der Waals surface area contributed by atoms with Crippen molar-refractivity contribution in [2.24, 2.45) is 0 Å². The molecule has 2 N–H and O–H groups in total. The molecule has 4 nitrogen and oxygen atoms in total. The summed E-state index contributed by atoms with van der Waals surface area (Å²) in [5.74, 6) is 1.10. The number of carbonyl (C=O) groups excluding carboxylic acids is 1. The maximum absolute atomic E-state index is 12.6. The molecule has 0 saturated carbocycles. The summed E-state index contributed by atoms with van der Waals surface area (Å²) >= 11 is 6.24. The standard InChI is InChI=1S/C21H16ClF3N2O2/c22-18-7-4-8-19(29-16-5-2-1-3-6-16)17(18)13-26-20(28)27-15-11-9-14(10-12-15)21(23,24)25/h1-12H,13H2,(H2,26,27,28). The van der Waals surface area contributed by atoms with Crippen LogP contribution in [-0.4, -0.2) is 6.03 Å². The lowest BCUT2D eigenvalue weighted by atomic mass is 10.2. The van der Waals surface area contributed by atoms with E-state index in [1.165, 1.54) is 12.1 Å². The van der Waals surface area contributed by atoms with Gasteiger partial charge in [-0.15, -0.1) is 0 Å². The second-order valence-corrected chi connectivity index (χ2v) is 6.42. The van der Waals surface area contributed by atoms with Crippen LogP contribution in [0.1, 0.15) is 11.1 Å². The van der Waals surface area contributed by atoms with Crippen LogP contribution in [0.4, 0.5) is 23.7 Å². The summed E-state index contributed by atoms with van der Waals surface area (Å²) in [6.07, 6.45) is -4.43. The van der Waals surface area contributed by atoms with Gasteiger partial charge in [0, 0.05) is 22.8 Å². The monoisotopic (exact) mass is 420 g/mol. The Bertz CT molecular complexity index is 977. The van der Waals surface area contributed by atoms with Crippen molar-refractivity contribution in [3.63, 3.8) is 0 Å². The van der Waals surface area contributed by atoms with Crippen LogP contribution < -0.4 is 15.4 Å². The summed E-state index contributed by atoms with van der Waals surface area (Å²) in [6.45, 7) is 0.0638. The fraction of sp³-hybridized carbons (Fsp3) is 0.0952. The Morgan fingerprint density at radius 3 is 2.28 bits per heavy atom. The number of para-hydroxylation sites is 1. The maximum atomic E-state index is 12.6. The molecule has 0 atom stereocenters. The summed E-state index contributed by atoms with van der Waals surface area (Å²) in [5, 5.41) is 5.51. The second kappa shape index (κ2) is 8.87. The first kappa shape index (κ1) is 20.5. The minimum Gasteiger partial charge on any atom is -0.457 e. The smallest absolute Gasteiger partial charge is 0.416 e. The molecule has 0 radical (unpaired) electrons. The SMILES string of the molecule is O=C(NCc1c(Cl)cccc1Oc1ccccc1)Nc1ccc(C(F)(F)F)cc1. The summed E-state index contributed by atoms with van der Waals surface area (Å²) in [7, 11) is 0. The topological polar surface area (TPSA) is 50.4 Å². The van der Waals surface area contributed by atoms with E-state index in [0.717, 1.165) is 12.1 Å². The van der Waals surface area contributed by atoms with Gasteiger partial charge in [0.25, 0.3) is 0 Å². The third-order valence-electron chi connectivity index (χ3n) is 3.94. The van der Waals surface area contributed by atoms with Gasteiger partial charge in [0.15, 0.2) is 0 Å². The summed E-state index contributed by atoms with van der Waals surface area (Å²) in [4.78, 5) is 12.1. The molecule has 0 aliphatic heterocycles. The molecule has 0 aromatic heterocycles. The molecule has 0 fully saturated rings. The Balaban J connectivity index is 1.64. The minimum atomic E-state index is -4.43. The molecular weight excluding hydrogens is 405 g/mol. The molecule has 0 unspecified atom stereocenters. The van der Waals surface area contributed by atoms with E-state index in [0.29, 0.717) is 22.1 Å². The van der Waals surface area contributed by atoms with Crippen LogP contribution in [0.3, 0.4) is 0 Å². The Morgan fingerprint density at radius 1 is 0.931 bits per heavy atom. The zero-order chi connectivity index (χ0) is 20.9. The Hall–Kier alpha value is -3.19. The third kappa shape index (κ3) is 5.65. The minimum absolute atomic E-state index is 0.0638. The van der Waals surface area contributed by atoms with Crippen LogP contribution in [-0.2, 0) is 12.7 Å². The number of benzene rings is 3. The first-order valence-corrected chi connectivity index (χ1v) is 8.93. The Labute approximate surface area is 170 Å². The van der Waals surface area contributed by atoms with Crippen molar-refractivity contribution in [1.29, 1.82) is 0 Å². The van der Waals surface area contributed by atoms with Gasteiger partial charge in [-0.2, -0.15) is 13.2 Å². The molecule has 3 aromatic rings. The van der Waals surface area contributed by atoms with Crippen molar-refractivity contribution in [3.05, 3.63) is 88.9 Å². The van der Waals surface area contributed by atoms with Crippen molar-refractivity contribution in [3.8, 4) is 11.5 Å². The van der Waals surface area contributed by atoms with E-state index in [-0.39, 0.29) is 12.2 Å².